The molecular weight excluding hydrogens is 238 g/mol. The monoisotopic (exact) mass is 249 g/mol. The lowest BCUT2D eigenvalue weighted by atomic mass is 10.2. The number of H-pyrrole nitrogens is 1. The zero-order valence-electron chi connectivity index (χ0n) is 9.43. The van der Waals surface area contributed by atoms with E-state index in [1.807, 2.05) is 30.5 Å². The van der Waals surface area contributed by atoms with E-state index in [4.69, 9.17) is 4.74 Å². The van der Waals surface area contributed by atoms with E-state index in [1.165, 1.54) is 11.8 Å². The first kappa shape index (κ1) is 11.7. The summed E-state index contributed by atoms with van der Waals surface area (Å²) < 4.78 is 5.22. The van der Waals surface area contributed by atoms with Gasteiger partial charge in [-0.25, -0.2) is 9.78 Å². The van der Waals surface area contributed by atoms with Crippen LogP contribution in [0.5, 0.6) is 5.75 Å². The molecule has 0 radical (unpaired) electrons. The van der Waals surface area contributed by atoms with E-state index in [2.05, 4.69) is 15.0 Å². The zero-order chi connectivity index (χ0) is 12.3. The Hall–Kier alpha value is -1.82. The lowest BCUT2D eigenvalue weighted by Gasteiger charge is -2.07. The summed E-state index contributed by atoms with van der Waals surface area (Å²) in [5.41, 5.74) is 0.329. The first-order valence-electron chi connectivity index (χ1n) is 4.90. The summed E-state index contributed by atoms with van der Waals surface area (Å²) in [6.07, 6.45) is 1.82. The van der Waals surface area contributed by atoms with E-state index in [1.54, 1.807) is 7.11 Å². The van der Waals surface area contributed by atoms with Gasteiger partial charge in [0.2, 0.25) is 0 Å². The zero-order valence-corrected chi connectivity index (χ0v) is 10.2. The number of aromatic amines is 1. The normalized spacial score (nSPS) is 10.2. The van der Waals surface area contributed by atoms with Crippen LogP contribution in [0.3, 0.4) is 0 Å². The molecule has 0 unspecified atom stereocenters. The van der Waals surface area contributed by atoms with Gasteiger partial charge >= 0.3 is 5.69 Å². The number of benzene rings is 1. The minimum absolute atomic E-state index is 0.412. The van der Waals surface area contributed by atoms with Gasteiger partial charge in [-0.05, 0) is 18.4 Å². The van der Waals surface area contributed by atoms with Crippen molar-refractivity contribution in [2.45, 2.75) is 5.16 Å². The van der Waals surface area contributed by atoms with Crippen LogP contribution in [-0.2, 0) is 0 Å². The van der Waals surface area contributed by atoms with Crippen molar-refractivity contribution in [3.8, 4) is 17.1 Å². The first-order chi connectivity index (χ1) is 8.24. The number of para-hydroxylation sites is 1. The van der Waals surface area contributed by atoms with Gasteiger partial charge in [0.1, 0.15) is 11.6 Å². The maximum atomic E-state index is 11.4. The Bertz CT molecular complexity index is 583. The third-order valence-electron chi connectivity index (χ3n) is 2.17. The molecule has 1 N–H and O–H groups in total. The molecule has 0 amide bonds. The average Bonchev–Trinajstić information content (AvgIpc) is 2.37. The Morgan fingerprint density at radius 3 is 2.76 bits per heavy atom. The van der Waals surface area contributed by atoms with Gasteiger partial charge in [0.15, 0.2) is 5.16 Å². The molecule has 1 heterocycles. The summed E-state index contributed by atoms with van der Waals surface area (Å²) in [5.74, 6) is 1.13. The van der Waals surface area contributed by atoms with Crippen LogP contribution in [-0.4, -0.2) is 28.3 Å². The molecule has 17 heavy (non-hydrogen) atoms. The molecule has 88 valence electrons. The Morgan fingerprint density at radius 1 is 1.29 bits per heavy atom. The van der Waals surface area contributed by atoms with Crippen LogP contribution in [0, 0.1) is 0 Å². The van der Waals surface area contributed by atoms with Crippen molar-refractivity contribution in [1.82, 2.24) is 15.0 Å². The summed E-state index contributed by atoms with van der Waals surface area (Å²) >= 11 is 1.32. The summed E-state index contributed by atoms with van der Waals surface area (Å²) in [5, 5.41) is 0.439. The van der Waals surface area contributed by atoms with Crippen molar-refractivity contribution in [3.05, 3.63) is 34.7 Å². The van der Waals surface area contributed by atoms with Crippen molar-refractivity contribution in [3.63, 3.8) is 0 Å². The number of nitrogens with one attached hydrogen (secondary N) is 1. The largest absolute Gasteiger partial charge is 0.496 e. The third-order valence-corrected chi connectivity index (χ3v) is 2.72. The van der Waals surface area contributed by atoms with Crippen LogP contribution in [0.25, 0.3) is 11.4 Å². The van der Waals surface area contributed by atoms with Crippen molar-refractivity contribution < 1.29 is 4.74 Å². The van der Waals surface area contributed by atoms with E-state index >= 15 is 0 Å². The molecule has 0 fully saturated rings. The summed E-state index contributed by atoms with van der Waals surface area (Å²) in [6.45, 7) is 0. The number of aromatic nitrogens is 3. The van der Waals surface area contributed by atoms with Gasteiger partial charge in [-0.3, -0.25) is 4.98 Å². The number of thioether (sulfide) groups is 1. The fourth-order valence-corrected chi connectivity index (χ4v) is 1.78. The number of nitrogens with zero attached hydrogens (tertiary/aromatic N) is 2. The standard InChI is InChI=1S/C11H11N3O2S/c1-16-8-6-4-3-5-7(8)9-12-10(15)14-11(13-9)17-2/h3-6H,1-2H3,(H,12,13,14,15). The molecule has 0 saturated carbocycles. The minimum Gasteiger partial charge on any atom is -0.496 e. The van der Waals surface area contributed by atoms with Gasteiger partial charge in [0.25, 0.3) is 0 Å². The molecule has 5 nitrogen and oxygen atoms in total. The molecule has 1 aromatic carbocycles. The van der Waals surface area contributed by atoms with Gasteiger partial charge in [-0.1, -0.05) is 23.9 Å². The highest BCUT2D eigenvalue weighted by atomic mass is 32.2. The molecule has 0 bridgehead atoms. The topological polar surface area (TPSA) is 67.9 Å². The molecule has 0 aliphatic heterocycles. The molecule has 2 aromatic rings. The highest BCUT2D eigenvalue weighted by Gasteiger charge is 2.09. The number of hydrogen-bond donors (Lipinski definition) is 1. The molecule has 6 heteroatoms. The van der Waals surface area contributed by atoms with Crippen LogP contribution in [0.15, 0.2) is 34.2 Å². The van der Waals surface area contributed by atoms with E-state index < -0.39 is 5.69 Å². The van der Waals surface area contributed by atoms with Crippen LogP contribution in [0.2, 0.25) is 0 Å². The SMILES string of the molecule is COc1ccccc1-c1nc(SC)nc(=O)[nH]1. The second kappa shape index (κ2) is 5.01. The second-order valence-electron chi connectivity index (χ2n) is 3.19. The highest BCUT2D eigenvalue weighted by molar-refractivity contribution is 7.98. The quantitative estimate of drug-likeness (QED) is 0.836. The molecule has 0 saturated heterocycles. The molecule has 0 aliphatic carbocycles. The highest BCUT2D eigenvalue weighted by Crippen LogP contribution is 2.26. The van der Waals surface area contributed by atoms with Crippen LogP contribution < -0.4 is 10.4 Å². The van der Waals surface area contributed by atoms with Gasteiger partial charge in [0, 0.05) is 0 Å². The predicted molar refractivity (Wildman–Crippen MR) is 66.4 cm³/mol. The van der Waals surface area contributed by atoms with Crippen molar-refractivity contribution in [2.75, 3.05) is 13.4 Å². The number of methoxy groups -OCH3 is 1. The maximum Gasteiger partial charge on any atom is 0.349 e. The Balaban J connectivity index is 2.59. The average molecular weight is 249 g/mol. The second-order valence-corrected chi connectivity index (χ2v) is 3.96. The van der Waals surface area contributed by atoms with Crippen LogP contribution in [0.1, 0.15) is 0 Å². The van der Waals surface area contributed by atoms with Crippen LogP contribution in [0.4, 0.5) is 0 Å². The Kier molecular flexibility index (Phi) is 3.43. The molecule has 1 aromatic heterocycles. The van der Waals surface area contributed by atoms with Gasteiger partial charge in [-0.2, -0.15) is 4.98 Å². The number of ether oxygens (including phenoxy) is 1. The first-order valence-corrected chi connectivity index (χ1v) is 6.13. The van der Waals surface area contributed by atoms with Gasteiger partial charge in [-0.15, -0.1) is 0 Å². The lowest BCUT2D eigenvalue weighted by molar-refractivity contribution is 0.416. The maximum absolute atomic E-state index is 11.4. The van der Waals surface area contributed by atoms with Crippen molar-refractivity contribution >= 4 is 11.8 Å². The van der Waals surface area contributed by atoms with Crippen molar-refractivity contribution in [1.29, 1.82) is 0 Å². The number of hydrogen-bond acceptors (Lipinski definition) is 5. The predicted octanol–water partition coefficient (Wildman–Crippen LogP) is 1.56. The van der Waals surface area contributed by atoms with Gasteiger partial charge < -0.3 is 4.74 Å². The Labute approximate surface area is 102 Å². The smallest absolute Gasteiger partial charge is 0.349 e. The summed E-state index contributed by atoms with van der Waals surface area (Å²) in [4.78, 5) is 22.0. The molecule has 0 atom stereocenters. The summed E-state index contributed by atoms with van der Waals surface area (Å²) in [6, 6.07) is 7.36. The van der Waals surface area contributed by atoms with E-state index in [0.717, 1.165) is 5.56 Å². The van der Waals surface area contributed by atoms with E-state index in [0.29, 0.717) is 16.7 Å². The minimum atomic E-state index is -0.412. The molecule has 2 rings (SSSR count). The molecule has 0 spiro atoms. The van der Waals surface area contributed by atoms with Crippen LogP contribution >= 0.6 is 11.8 Å². The van der Waals surface area contributed by atoms with E-state index in [9.17, 15) is 4.79 Å². The fraction of sp³-hybridized carbons (Fsp3) is 0.182. The fourth-order valence-electron chi connectivity index (χ4n) is 1.42. The third kappa shape index (κ3) is 2.47. The molecule has 0 aliphatic rings. The molecular formula is C11H11N3O2S. The summed E-state index contributed by atoms with van der Waals surface area (Å²) in [7, 11) is 1.58. The number of rotatable bonds is 3. The van der Waals surface area contributed by atoms with E-state index in [-0.39, 0.29) is 0 Å². The lowest BCUT2D eigenvalue weighted by Crippen LogP contribution is -2.14. The Morgan fingerprint density at radius 2 is 2.06 bits per heavy atom. The van der Waals surface area contributed by atoms with Gasteiger partial charge in [0.05, 0.1) is 12.7 Å². The van der Waals surface area contributed by atoms with Crippen molar-refractivity contribution in [2.24, 2.45) is 0 Å².